The van der Waals surface area contributed by atoms with Gasteiger partial charge in [0.05, 0.1) is 12.1 Å². The van der Waals surface area contributed by atoms with Gasteiger partial charge < -0.3 is 15.8 Å². The maximum atomic E-state index is 11.7. The number of carbonyl (C=O) groups excluding carboxylic acids is 1. The molecule has 2 atom stereocenters. The number of hydrogen-bond acceptors (Lipinski definition) is 4. The summed E-state index contributed by atoms with van der Waals surface area (Å²) in [7, 11) is 1.74. The number of nitrogens with zero attached hydrogens (tertiary/aromatic N) is 1. The molecule has 1 rings (SSSR count). The summed E-state index contributed by atoms with van der Waals surface area (Å²) in [6, 6.07) is 0.934. The van der Waals surface area contributed by atoms with Gasteiger partial charge in [-0.15, -0.1) is 0 Å². The van der Waals surface area contributed by atoms with Crippen molar-refractivity contribution in [3.63, 3.8) is 0 Å². The Kier molecular flexibility index (Phi) is 7.63. The Bertz CT molecular complexity index is 321. The largest absolute Gasteiger partial charge is 0.383 e. The fourth-order valence-corrected chi connectivity index (χ4v) is 2.77. The second kappa shape index (κ2) is 8.71. The Labute approximate surface area is 129 Å². The molecule has 0 saturated heterocycles. The van der Waals surface area contributed by atoms with E-state index in [1.54, 1.807) is 7.11 Å². The summed E-state index contributed by atoms with van der Waals surface area (Å²) < 4.78 is 5.22. The Balaban J connectivity index is 2.31. The van der Waals surface area contributed by atoms with E-state index in [0.717, 1.165) is 39.0 Å². The molecule has 0 aromatic carbocycles. The lowest BCUT2D eigenvalue weighted by atomic mass is 9.93. The molecule has 0 radical (unpaired) electrons. The minimum atomic E-state index is -0.545. The third-order valence-electron chi connectivity index (χ3n) is 4.45. The van der Waals surface area contributed by atoms with Gasteiger partial charge >= 0.3 is 0 Å². The summed E-state index contributed by atoms with van der Waals surface area (Å²) in [5.74, 6) is -0.227. The van der Waals surface area contributed by atoms with Crippen LogP contribution in [-0.4, -0.2) is 55.2 Å². The molecule has 0 spiro atoms. The highest BCUT2D eigenvalue weighted by Gasteiger charge is 2.36. The molecular weight excluding hydrogens is 266 g/mol. The smallest absolute Gasteiger partial charge is 0.237 e. The van der Waals surface area contributed by atoms with Crippen molar-refractivity contribution < 1.29 is 9.53 Å². The van der Waals surface area contributed by atoms with Crippen molar-refractivity contribution in [2.24, 2.45) is 5.73 Å². The van der Waals surface area contributed by atoms with Gasteiger partial charge in [-0.05, 0) is 59.0 Å². The van der Waals surface area contributed by atoms with Crippen LogP contribution in [0.25, 0.3) is 0 Å². The number of carbonyl (C=O) groups is 1. The summed E-state index contributed by atoms with van der Waals surface area (Å²) in [5, 5.41) is 3.40. The van der Waals surface area contributed by atoms with Gasteiger partial charge in [-0.2, -0.15) is 0 Å². The van der Waals surface area contributed by atoms with Crippen LogP contribution in [0.1, 0.15) is 52.9 Å². The number of unbranched alkanes of at least 4 members (excludes halogenated alkanes) is 1. The van der Waals surface area contributed by atoms with Gasteiger partial charge in [-0.25, -0.2) is 0 Å². The number of ether oxygens (including phenoxy) is 1. The molecule has 1 fully saturated rings. The van der Waals surface area contributed by atoms with Crippen LogP contribution in [0, 0.1) is 0 Å². The van der Waals surface area contributed by atoms with E-state index in [1.165, 1.54) is 12.8 Å². The molecular formula is C16H33N3O2. The van der Waals surface area contributed by atoms with E-state index in [0.29, 0.717) is 12.1 Å². The number of nitrogens with two attached hydrogens (primary N) is 1. The molecule has 21 heavy (non-hydrogen) atoms. The highest BCUT2D eigenvalue weighted by molar-refractivity contribution is 5.84. The molecule has 1 amide bonds. The molecule has 0 aliphatic heterocycles. The highest BCUT2D eigenvalue weighted by atomic mass is 16.5. The van der Waals surface area contributed by atoms with Gasteiger partial charge in [0, 0.05) is 19.2 Å². The van der Waals surface area contributed by atoms with Crippen molar-refractivity contribution >= 4 is 5.91 Å². The van der Waals surface area contributed by atoms with Gasteiger partial charge in [0.15, 0.2) is 0 Å². The zero-order chi connectivity index (χ0) is 15.9. The van der Waals surface area contributed by atoms with Crippen molar-refractivity contribution in [3.05, 3.63) is 0 Å². The van der Waals surface area contributed by atoms with Crippen LogP contribution in [0.3, 0.4) is 0 Å². The minimum absolute atomic E-state index is 0.227. The van der Waals surface area contributed by atoms with Crippen LogP contribution in [0.4, 0.5) is 0 Å². The fourth-order valence-electron chi connectivity index (χ4n) is 2.77. The van der Waals surface area contributed by atoms with Crippen molar-refractivity contribution in [1.29, 1.82) is 0 Å². The Morgan fingerprint density at radius 2 is 2.14 bits per heavy atom. The van der Waals surface area contributed by atoms with Gasteiger partial charge in [-0.3, -0.25) is 9.69 Å². The quantitative estimate of drug-likeness (QED) is 0.536. The second-order valence-electron chi connectivity index (χ2n) is 6.51. The average molecular weight is 299 g/mol. The molecule has 1 aliphatic carbocycles. The molecule has 1 aliphatic rings. The van der Waals surface area contributed by atoms with Crippen LogP contribution in [0.2, 0.25) is 0 Å². The first-order valence-corrected chi connectivity index (χ1v) is 8.23. The van der Waals surface area contributed by atoms with Crippen LogP contribution >= 0.6 is 0 Å². The van der Waals surface area contributed by atoms with E-state index in [4.69, 9.17) is 10.5 Å². The summed E-state index contributed by atoms with van der Waals surface area (Å²) in [6.45, 7) is 9.13. The summed E-state index contributed by atoms with van der Waals surface area (Å²) >= 11 is 0. The highest BCUT2D eigenvalue weighted by Crippen LogP contribution is 2.25. The topological polar surface area (TPSA) is 67.6 Å². The lowest BCUT2D eigenvalue weighted by molar-refractivity contribution is -0.124. The molecule has 124 valence electrons. The first-order valence-electron chi connectivity index (χ1n) is 8.23. The predicted octanol–water partition coefficient (Wildman–Crippen LogP) is 1.51. The fraction of sp³-hybridized carbons (Fsp3) is 0.938. The monoisotopic (exact) mass is 299 g/mol. The van der Waals surface area contributed by atoms with E-state index in [1.807, 2.05) is 6.92 Å². The molecule has 2 unspecified atom stereocenters. The third-order valence-corrected chi connectivity index (χ3v) is 4.45. The number of primary amides is 1. The zero-order valence-electron chi connectivity index (χ0n) is 14.2. The number of amides is 1. The third kappa shape index (κ3) is 6.32. The van der Waals surface area contributed by atoms with Crippen molar-refractivity contribution in [1.82, 2.24) is 10.2 Å². The maximum absolute atomic E-state index is 11.7. The molecule has 1 saturated carbocycles. The Hall–Kier alpha value is -0.650. The van der Waals surface area contributed by atoms with Crippen LogP contribution in [0.5, 0.6) is 0 Å². The number of rotatable bonds is 12. The average Bonchev–Trinajstić information content (AvgIpc) is 3.22. The standard InChI is InChI=1S/C16H33N3O2/c1-5-19(13(2)12-21-4)11-7-6-10-16(3,15(17)20)18-14-8-9-14/h13-14,18H,5-12H2,1-4H3,(H2,17,20). The molecule has 0 aromatic heterocycles. The van der Waals surface area contributed by atoms with Crippen LogP contribution in [0.15, 0.2) is 0 Å². The van der Waals surface area contributed by atoms with Crippen molar-refractivity contribution in [3.8, 4) is 0 Å². The summed E-state index contributed by atoms with van der Waals surface area (Å²) in [4.78, 5) is 14.1. The lowest BCUT2D eigenvalue weighted by Crippen LogP contribution is -2.54. The van der Waals surface area contributed by atoms with E-state index < -0.39 is 5.54 Å². The zero-order valence-corrected chi connectivity index (χ0v) is 14.2. The Morgan fingerprint density at radius 3 is 2.62 bits per heavy atom. The SMILES string of the molecule is CCN(CCCCC(C)(NC1CC1)C(N)=O)C(C)COC. The van der Waals surface area contributed by atoms with Gasteiger partial charge in [0.1, 0.15) is 0 Å². The minimum Gasteiger partial charge on any atom is -0.383 e. The molecule has 5 heteroatoms. The predicted molar refractivity (Wildman–Crippen MR) is 86.2 cm³/mol. The molecule has 0 bridgehead atoms. The lowest BCUT2D eigenvalue weighted by Gasteiger charge is -2.29. The van der Waals surface area contributed by atoms with E-state index in [-0.39, 0.29) is 5.91 Å². The van der Waals surface area contributed by atoms with Gasteiger partial charge in [-0.1, -0.05) is 6.92 Å². The number of nitrogens with one attached hydrogen (secondary N) is 1. The van der Waals surface area contributed by atoms with Crippen LogP contribution in [-0.2, 0) is 9.53 Å². The number of likely N-dealkylation sites (N-methyl/N-ethyl adjacent to an activating group) is 1. The van der Waals surface area contributed by atoms with Crippen LogP contribution < -0.4 is 11.1 Å². The maximum Gasteiger partial charge on any atom is 0.237 e. The summed E-state index contributed by atoms with van der Waals surface area (Å²) in [6.07, 6.45) is 5.24. The second-order valence-corrected chi connectivity index (χ2v) is 6.51. The first kappa shape index (κ1) is 18.4. The van der Waals surface area contributed by atoms with Crippen molar-refractivity contribution in [2.75, 3.05) is 26.8 Å². The number of hydrogen-bond donors (Lipinski definition) is 2. The van der Waals surface area contributed by atoms with Crippen molar-refractivity contribution in [2.45, 2.75) is 70.5 Å². The van der Waals surface area contributed by atoms with Gasteiger partial charge in [0.25, 0.3) is 0 Å². The number of methoxy groups -OCH3 is 1. The molecule has 0 aromatic rings. The van der Waals surface area contributed by atoms with Gasteiger partial charge in [0.2, 0.25) is 5.91 Å². The Morgan fingerprint density at radius 1 is 1.48 bits per heavy atom. The van der Waals surface area contributed by atoms with E-state index in [2.05, 4.69) is 24.1 Å². The molecule has 3 N–H and O–H groups in total. The summed E-state index contributed by atoms with van der Waals surface area (Å²) in [5.41, 5.74) is 5.03. The molecule has 0 heterocycles. The van der Waals surface area contributed by atoms with E-state index in [9.17, 15) is 4.79 Å². The molecule has 5 nitrogen and oxygen atoms in total. The first-order chi connectivity index (χ1) is 9.92. The van der Waals surface area contributed by atoms with E-state index >= 15 is 0 Å². The normalized spacial score (nSPS) is 19.5.